The van der Waals surface area contributed by atoms with Crippen LogP contribution in [0.15, 0.2) is 0 Å². The van der Waals surface area contributed by atoms with Gasteiger partial charge in [0, 0.05) is 12.1 Å². The van der Waals surface area contributed by atoms with Crippen molar-refractivity contribution in [3.05, 3.63) is 0 Å². The topological polar surface area (TPSA) is 12.0 Å². The maximum atomic E-state index is 3.88. The molecule has 0 radical (unpaired) electrons. The summed E-state index contributed by atoms with van der Waals surface area (Å²) < 4.78 is 0. The van der Waals surface area contributed by atoms with E-state index in [4.69, 9.17) is 0 Å². The van der Waals surface area contributed by atoms with Crippen LogP contribution < -0.4 is 5.32 Å². The van der Waals surface area contributed by atoms with Crippen molar-refractivity contribution in [2.45, 2.75) is 64.5 Å². The van der Waals surface area contributed by atoms with E-state index in [1.165, 1.54) is 38.5 Å². The summed E-state index contributed by atoms with van der Waals surface area (Å²) >= 11 is 0. The molecule has 0 aromatic heterocycles. The molecule has 2 rings (SSSR count). The molecule has 0 bridgehead atoms. The molecule has 2 fully saturated rings. The first kappa shape index (κ1) is 9.51. The Balaban J connectivity index is 1.81. The van der Waals surface area contributed by atoms with Crippen LogP contribution in [-0.2, 0) is 0 Å². The van der Waals surface area contributed by atoms with Gasteiger partial charge in [0.15, 0.2) is 0 Å². The van der Waals surface area contributed by atoms with Crippen molar-refractivity contribution < 1.29 is 0 Å². The standard InChI is InChI=1S/C12H23N/c1-9(2)12(10-7-8-10)13-11-5-3-4-6-11/h9-13H,3-8H2,1-2H3. The van der Waals surface area contributed by atoms with Gasteiger partial charge in [0.05, 0.1) is 0 Å². The molecule has 0 amide bonds. The summed E-state index contributed by atoms with van der Waals surface area (Å²) in [5, 5.41) is 3.88. The smallest absolute Gasteiger partial charge is 0.0121 e. The second kappa shape index (κ2) is 4.00. The Morgan fingerprint density at radius 3 is 2.08 bits per heavy atom. The number of hydrogen-bond acceptors (Lipinski definition) is 1. The average molecular weight is 181 g/mol. The zero-order valence-corrected chi connectivity index (χ0v) is 9.05. The van der Waals surface area contributed by atoms with Crippen LogP contribution in [-0.4, -0.2) is 12.1 Å². The van der Waals surface area contributed by atoms with E-state index in [0.717, 1.165) is 23.9 Å². The van der Waals surface area contributed by atoms with Gasteiger partial charge in [-0.1, -0.05) is 26.7 Å². The predicted molar refractivity (Wildman–Crippen MR) is 56.7 cm³/mol. The van der Waals surface area contributed by atoms with E-state index < -0.39 is 0 Å². The second-order valence-electron chi connectivity index (χ2n) is 5.26. The summed E-state index contributed by atoms with van der Waals surface area (Å²) in [6.45, 7) is 4.73. The molecule has 1 atom stereocenters. The molecule has 0 spiro atoms. The first-order valence-corrected chi connectivity index (χ1v) is 6.03. The van der Waals surface area contributed by atoms with Gasteiger partial charge in [-0.2, -0.15) is 0 Å². The van der Waals surface area contributed by atoms with Crippen molar-refractivity contribution >= 4 is 0 Å². The maximum absolute atomic E-state index is 3.88. The summed E-state index contributed by atoms with van der Waals surface area (Å²) in [6, 6.07) is 1.68. The van der Waals surface area contributed by atoms with Crippen LogP contribution >= 0.6 is 0 Å². The number of hydrogen-bond donors (Lipinski definition) is 1. The molecule has 0 heterocycles. The van der Waals surface area contributed by atoms with Crippen LogP contribution in [0.3, 0.4) is 0 Å². The third kappa shape index (κ3) is 2.46. The molecular formula is C12H23N. The molecule has 2 saturated carbocycles. The number of rotatable bonds is 4. The van der Waals surface area contributed by atoms with Gasteiger partial charge in [-0.25, -0.2) is 0 Å². The van der Waals surface area contributed by atoms with E-state index in [-0.39, 0.29) is 0 Å². The van der Waals surface area contributed by atoms with E-state index in [1.807, 2.05) is 0 Å². The Kier molecular flexibility index (Phi) is 2.92. The van der Waals surface area contributed by atoms with Crippen molar-refractivity contribution in [3.8, 4) is 0 Å². The Bertz CT molecular complexity index is 153. The van der Waals surface area contributed by atoms with E-state index in [1.54, 1.807) is 0 Å². The summed E-state index contributed by atoms with van der Waals surface area (Å²) in [5.74, 6) is 1.84. The molecule has 0 aromatic carbocycles. The quantitative estimate of drug-likeness (QED) is 0.703. The first-order chi connectivity index (χ1) is 6.27. The van der Waals surface area contributed by atoms with Gasteiger partial charge in [-0.05, 0) is 37.5 Å². The minimum absolute atomic E-state index is 0.822. The van der Waals surface area contributed by atoms with Crippen molar-refractivity contribution in [1.82, 2.24) is 5.32 Å². The Morgan fingerprint density at radius 1 is 1.00 bits per heavy atom. The predicted octanol–water partition coefficient (Wildman–Crippen LogP) is 2.95. The van der Waals surface area contributed by atoms with E-state index in [9.17, 15) is 0 Å². The lowest BCUT2D eigenvalue weighted by Crippen LogP contribution is -2.41. The van der Waals surface area contributed by atoms with Crippen molar-refractivity contribution in [2.75, 3.05) is 0 Å². The monoisotopic (exact) mass is 181 g/mol. The molecule has 2 aliphatic carbocycles. The highest BCUT2D eigenvalue weighted by Gasteiger charge is 2.34. The molecular weight excluding hydrogens is 158 g/mol. The molecule has 0 aromatic rings. The molecule has 2 aliphatic rings. The SMILES string of the molecule is CC(C)C(NC1CCCC1)C1CC1. The van der Waals surface area contributed by atoms with Gasteiger partial charge in [0.2, 0.25) is 0 Å². The normalized spacial score (nSPS) is 27.0. The van der Waals surface area contributed by atoms with Gasteiger partial charge in [-0.3, -0.25) is 0 Å². The fraction of sp³-hybridized carbons (Fsp3) is 1.00. The van der Waals surface area contributed by atoms with E-state index in [0.29, 0.717) is 0 Å². The minimum Gasteiger partial charge on any atom is -0.311 e. The molecule has 0 saturated heterocycles. The maximum Gasteiger partial charge on any atom is 0.0121 e. The summed E-state index contributed by atoms with van der Waals surface area (Å²) in [7, 11) is 0. The van der Waals surface area contributed by atoms with E-state index in [2.05, 4.69) is 19.2 Å². The van der Waals surface area contributed by atoms with Crippen LogP contribution in [0.4, 0.5) is 0 Å². The Morgan fingerprint density at radius 2 is 1.62 bits per heavy atom. The molecule has 1 nitrogen and oxygen atoms in total. The molecule has 13 heavy (non-hydrogen) atoms. The lowest BCUT2D eigenvalue weighted by Gasteiger charge is -2.26. The fourth-order valence-corrected chi connectivity index (χ4v) is 2.69. The van der Waals surface area contributed by atoms with Crippen LogP contribution in [0, 0.1) is 11.8 Å². The lowest BCUT2D eigenvalue weighted by atomic mass is 9.98. The molecule has 0 aliphatic heterocycles. The van der Waals surface area contributed by atoms with Crippen molar-refractivity contribution in [1.29, 1.82) is 0 Å². The van der Waals surface area contributed by atoms with Gasteiger partial charge < -0.3 is 5.32 Å². The van der Waals surface area contributed by atoms with Gasteiger partial charge in [0.1, 0.15) is 0 Å². The zero-order chi connectivity index (χ0) is 9.26. The van der Waals surface area contributed by atoms with Gasteiger partial charge in [0.25, 0.3) is 0 Å². The summed E-state index contributed by atoms with van der Waals surface area (Å²) in [4.78, 5) is 0. The largest absolute Gasteiger partial charge is 0.311 e. The second-order valence-corrected chi connectivity index (χ2v) is 5.26. The average Bonchev–Trinajstić information content (AvgIpc) is 2.79. The minimum atomic E-state index is 0.822. The molecule has 1 unspecified atom stereocenters. The molecule has 76 valence electrons. The molecule has 1 N–H and O–H groups in total. The lowest BCUT2D eigenvalue weighted by molar-refractivity contribution is 0.321. The molecule has 1 heteroatoms. The summed E-state index contributed by atoms with van der Waals surface area (Å²) in [6.07, 6.45) is 8.71. The van der Waals surface area contributed by atoms with E-state index >= 15 is 0 Å². The Hall–Kier alpha value is -0.0400. The van der Waals surface area contributed by atoms with Crippen molar-refractivity contribution in [2.24, 2.45) is 11.8 Å². The number of nitrogens with one attached hydrogen (secondary N) is 1. The zero-order valence-electron chi connectivity index (χ0n) is 9.05. The van der Waals surface area contributed by atoms with Gasteiger partial charge in [-0.15, -0.1) is 0 Å². The van der Waals surface area contributed by atoms with Crippen LogP contribution in [0.2, 0.25) is 0 Å². The van der Waals surface area contributed by atoms with Crippen LogP contribution in [0.25, 0.3) is 0 Å². The highest BCUT2D eigenvalue weighted by Crippen LogP contribution is 2.36. The third-order valence-corrected chi connectivity index (χ3v) is 3.63. The van der Waals surface area contributed by atoms with Gasteiger partial charge >= 0.3 is 0 Å². The highest BCUT2D eigenvalue weighted by atomic mass is 15.0. The third-order valence-electron chi connectivity index (χ3n) is 3.63. The highest BCUT2D eigenvalue weighted by molar-refractivity contribution is 4.91. The fourth-order valence-electron chi connectivity index (χ4n) is 2.69. The van der Waals surface area contributed by atoms with Crippen molar-refractivity contribution in [3.63, 3.8) is 0 Å². The summed E-state index contributed by atoms with van der Waals surface area (Å²) in [5.41, 5.74) is 0. The Labute approximate surface area is 82.3 Å². The first-order valence-electron chi connectivity index (χ1n) is 6.03. The van der Waals surface area contributed by atoms with Crippen LogP contribution in [0.5, 0.6) is 0 Å². The van der Waals surface area contributed by atoms with Crippen LogP contribution in [0.1, 0.15) is 52.4 Å².